The molecule has 0 radical (unpaired) electrons. The van der Waals surface area contributed by atoms with Crippen LogP contribution in [0.3, 0.4) is 0 Å². The Hall–Kier alpha value is -1.92. The van der Waals surface area contributed by atoms with E-state index < -0.39 is 0 Å². The van der Waals surface area contributed by atoms with Crippen LogP contribution in [0.5, 0.6) is 0 Å². The Morgan fingerprint density at radius 3 is 0.917 bits per heavy atom. The van der Waals surface area contributed by atoms with Crippen molar-refractivity contribution in [2.75, 3.05) is 98.2 Å². The minimum Gasteiger partial charge on any atom is -0.317 e. The highest BCUT2D eigenvalue weighted by atomic mass is 14.9. The summed E-state index contributed by atoms with van der Waals surface area (Å²) in [6.07, 6.45) is 23.0. The fourth-order valence-electron chi connectivity index (χ4n) is 7.50. The zero-order chi connectivity index (χ0) is 42.7. The second-order valence-corrected chi connectivity index (χ2v) is 17.1. The van der Waals surface area contributed by atoms with E-state index >= 15 is 0 Å². The van der Waals surface area contributed by atoms with Crippen LogP contribution in [0.1, 0.15) is 153 Å². The van der Waals surface area contributed by atoms with Crippen molar-refractivity contribution in [1.29, 1.82) is 0 Å². The first-order valence-electron chi connectivity index (χ1n) is 25.3. The van der Waals surface area contributed by atoms with Crippen LogP contribution in [0, 0.1) is 0 Å². The van der Waals surface area contributed by atoms with Crippen LogP contribution in [-0.4, -0.2) is 98.2 Å². The first kappa shape index (κ1) is 54.2. The molecule has 0 saturated heterocycles. The van der Waals surface area contributed by atoms with Gasteiger partial charge >= 0.3 is 0 Å². The van der Waals surface area contributed by atoms with Crippen molar-refractivity contribution < 1.29 is 0 Å². The molecule has 0 spiro atoms. The predicted octanol–water partition coefficient (Wildman–Crippen LogP) is 8.24. The number of rotatable bonds is 46. The van der Waals surface area contributed by atoms with Gasteiger partial charge in [-0.25, -0.2) is 0 Å². The quantitative estimate of drug-likeness (QED) is 0.0305. The lowest BCUT2D eigenvalue weighted by molar-refractivity contribution is 0.550. The lowest BCUT2D eigenvalue weighted by Crippen LogP contribution is -2.25. The highest BCUT2D eigenvalue weighted by molar-refractivity contribution is 5.66. The zero-order valence-electron chi connectivity index (χ0n) is 39.5. The van der Waals surface area contributed by atoms with Gasteiger partial charge in [0.2, 0.25) is 0 Å². The molecule has 2 aromatic rings. The standard InChI is InChI=1S/C51H97N9/c1-4-7-10-13-25-52-28-17-31-55-34-20-37-58-44-47-23-16-24-50(41-47)51-42-48(45-59-38-21-35-56-32-18-29-53-26-14-11-8-5-2)40-49(43-51)46-60-39-22-36-57-33-19-30-54-27-15-12-9-6-3/h16,23-24,40-43,52-60H,4-15,17-22,25-39,44-46H2,1-3H3. The lowest BCUT2D eigenvalue weighted by atomic mass is 9.98. The Morgan fingerprint density at radius 2 is 0.567 bits per heavy atom. The summed E-state index contributed by atoms with van der Waals surface area (Å²) in [6, 6.07) is 16.3. The highest BCUT2D eigenvalue weighted by Gasteiger charge is 2.06. The number of hydrogen-bond donors (Lipinski definition) is 9. The number of unbranched alkanes of at least 4 members (excludes halogenated alkanes) is 9. The number of hydrogen-bond acceptors (Lipinski definition) is 9. The summed E-state index contributed by atoms with van der Waals surface area (Å²) < 4.78 is 0. The summed E-state index contributed by atoms with van der Waals surface area (Å²) in [5.74, 6) is 0. The highest BCUT2D eigenvalue weighted by Crippen LogP contribution is 2.24. The SMILES string of the molecule is CCCCCCNCCCNCCCNCc1cccc(-c2cc(CNCCCNCCCNCCCCCC)cc(CNCCCNCCCNCCCCCC)c2)c1. The molecular formula is C51H97N9. The zero-order valence-corrected chi connectivity index (χ0v) is 39.5. The van der Waals surface area contributed by atoms with Crippen LogP contribution in [0.15, 0.2) is 42.5 Å². The third-order valence-electron chi connectivity index (χ3n) is 11.2. The van der Waals surface area contributed by atoms with Crippen molar-refractivity contribution in [2.45, 2.75) is 156 Å². The van der Waals surface area contributed by atoms with Crippen molar-refractivity contribution in [3.63, 3.8) is 0 Å². The second kappa shape index (κ2) is 42.4. The molecule has 60 heavy (non-hydrogen) atoms. The molecule has 0 aliphatic heterocycles. The largest absolute Gasteiger partial charge is 0.317 e. The maximum absolute atomic E-state index is 3.74. The van der Waals surface area contributed by atoms with E-state index in [1.54, 1.807) is 0 Å². The third kappa shape index (κ3) is 32.7. The van der Waals surface area contributed by atoms with Gasteiger partial charge in [-0.15, -0.1) is 0 Å². The third-order valence-corrected chi connectivity index (χ3v) is 11.2. The Morgan fingerprint density at radius 1 is 0.267 bits per heavy atom. The smallest absolute Gasteiger partial charge is 0.0205 e. The van der Waals surface area contributed by atoms with E-state index in [9.17, 15) is 0 Å². The Balaban J connectivity index is 1.75. The van der Waals surface area contributed by atoms with E-state index in [4.69, 9.17) is 0 Å². The predicted molar refractivity (Wildman–Crippen MR) is 264 cm³/mol. The van der Waals surface area contributed by atoms with Gasteiger partial charge in [0.05, 0.1) is 0 Å². The van der Waals surface area contributed by atoms with Crippen LogP contribution < -0.4 is 47.9 Å². The number of nitrogens with one attached hydrogen (secondary N) is 9. The van der Waals surface area contributed by atoms with Gasteiger partial charge in [-0.3, -0.25) is 0 Å². The van der Waals surface area contributed by atoms with Gasteiger partial charge in [-0.05, 0) is 202 Å². The molecule has 2 rings (SSSR count). The first-order valence-corrected chi connectivity index (χ1v) is 25.3. The van der Waals surface area contributed by atoms with Crippen LogP contribution >= 0.6 is 0 Å². The molecule has 0 aliphatic carbocycles. The fourth-order valence-corrected chi connectivity index (χ4v) is 7.50. The van der Waals surface area contributed by atoms with E-state index in [0.29, 0.717) is 0 Å². The molecule has 2 aromatic carbocycles. The molecule has 9 nitrogen and oxygen atoms in total. The van der Waals surface area contributed by atoms with Gasteiger partial charge in [-0.1, -0.05) is 103 Å². The molecular weight excluding hydrogens is 739 g/mol. The van der Waals surface area contributed by atoms with Crippen LogP contribution in [-0.2, 0) is 19.6 Å². The van der Waals surface area contributed by atoms with Crippen molar-refractivity contribution in [2.24, 2.45) is 0 Å². The Labute approximate surface area is 371 Å². The summed E-state index contributed by atoms with van der Waals surface area (Å²) in [6.45, 7) is 25.9. The molecule has 9 N–H and O–H groups in total. The van der Waals surface area contributed by atoms with Gasteiger partial charge in [0.15, 0.2) is 0 Å². The van der Waals surface area contributed by atoms with E-state index in [1.807, 2.05) is 0 Å². The maximum Gasteiger partial charge on any atom is 0.0205 e. The van der Waals surface area contributed by atoms with E-state index in [2.05, 4.69) is 111 Å². The van der Waals surface area contributed by atoms with Gasteiger partial charge < -0.3 is 47.9 Å². The topological polar surface area (TPSA) is 108 Å². The molecule has 0 bridgehead atoms. The first-order chi connectivity index (χ1) is 29.8. The molecule has 0 aliphatic rings. The molecule has 0 saturated carbocycles. The monoisotopic (exact) mass is 836 g/mol. The molecule has 0 fully saturated rings. The van der Waals surface area contributed by atoms with Gasteiger partial charge in [-0.2, -0.15) is 0 Å². The summed E-state index contributed by atoms with van der Waals surface area (Å²) in [5.41, 5.74) is 6.69. The van der Waals surface area contributed by atoms with Gasteiger partial charge in [0.25, 0.3) is 0 Å². The van der Waals surface area contributed by atoms with Crippen molar-refractivity contribution >= 4 is 0 Å². The van der Waals surface area contributed by atoms with E-state index in [0.717, 1.165) is 131 Å². The lowest BCUT2D eigenvalue weighted by Gasteiger charge is -2.14. The molecule has 0 amide bonds. The average molecular weight is 836 g/mol. The fraction of sp³-hybridized carbons (Fsp3) is 0.765. The molecule has 0 heterocycles. The maximum atomic E-state index is 3.74. The van der Waals surface area contributed by atoms with Crippen LogP contribution in [0.4, 0.5) is 0 Å². The average Bonchev–Trinajstić information content (AvgIpc) is 3.26. The number of benzene rings is 2. The van der Waals surface area contributed by atoms with Crippen molar-refractivity contribution in [3.05, 3.63) is 59.2 Å². The van der Waals surface area contributed by atoms with Crippen molar-refractivity contribution in [3.8, 4) is 11.1 Å². The molecule has 0 atom stereocenters. The molecule has 0 aromatic heterocycles. The molecule has 346 valence electrons. The Bertz CT molecular complexity index is 1140. The van der Waals surface area contributed by atoms with E-state index in [1.165, 1.54) is 131 Å². The second-order valence-electron chi connectivity index (χ2n) is 17.1. The summed E-state index contributed by atoms with van der Waals surface area (Å²) >= 11 is 0. The minimum atomic E-state index is 0.894. The van der Waals surface area contributed by atoms with Gasteiger partial charge in [0, 0.05) is 19.6 Å². The summed E-state index contributed by atoms with van der Waals surface area (Å²) in [4.78, 5) is 0. The normalized spacial score (nSPS) is 11.6. The minimum absolute atomic E-state index is 0.894. The molecule has 9 heteroatoms. The Kier molecular flexibility index (Phi) is 38.3. The van der Waals surface area contributed by atoms with Crippen LogP contribution in [0.25, 0.3) is 11.1 Å². The summed E-state index contributed by atoms with van der Waals surface area (Å²) in [7, 11) is 0. The molecule has 0 unspecified atom stereocenters. The van der Waals surface area contributed by atoms with E-state index in [-0.39, 0.29) is 0 Å². The van der Waals surface area contributed by atoms with Gasteiger partial charge in [0.1, 0.15) is 0 Å². The van der Waals surface area contributed by atoms with Crippen molar-refractivity contribution in [1.82, 2.24) is 47.9 Å². The summed E-state index contributed by atoms with van der Waals surface area (Å²) in [5, 5.41) is 32.8. The van der Waals surface area contributed by atoms with Crippen LogP contribution in [0.2, 0.25) is 0 Å².